The third kappa shape index (κ3) is 4.75. The van der Waals surface area contributed by atoms with Crippen molar-refractivity contribution < 1.29 is 9.90 Å². The molecule has 1 atom stereocenters. The van der Waals surface area contributed by atoms with Gasteiger partial charge in [0.15, 0.2) is 0 Å². The van der Waals surface area contributed by atoms with E-state index >= 15 is 0 Å². The van der Waals surface area contributed by atoms with Crippen molar-refractivity contribution in [1.82, 2.24) is 9.80 Å². The lowest BCUT2D eigenvalue weighted by Crippen LogP contribution is -2.52. The fourth-order valence-electron chi connectivity index (χ4n) is 2.72. The number of amides is 1. The molecule has 19 heavy (non-hydrogen) atoms. The van der Waals surface area contributed by atoms with Gasteiger partial charge in [-0.05, 0) is 32.6 Å². The van der Waals surface area contributed by atoms with Crippen molar-refractivity contribution >= 4 is 5.91 Å². The molecular weight excluding hydrogens is 242 g/mol. The van der Waals surface area contributed by atoms with Gasteiger partial charge in [0.2, 0.25) is 5.91 Å². The molecule has 0 spiro atoms. The molecule has 0 aromatic rings. The lowest BCUT2D eigenvalue weighted by molar-refractivity contribution is -0.133. The maximum atomic E-state index is 12.1. The van der Waals surface area contributed by atoms with E-state index in [1.807, 2.05) is 18.7 Å². The summed E-state index contributed by atoms with van der Waals surface area (Å²) in [5.41, 5.74) is 5.34. The van der Waals surface area contributed by atoms with Crippen LogP contribution < -0.4 is 5.73 Å². The quantitative estimate of drug-likeness (QED) is 0.739. The zero-order valence-electron chi connectivity index (χ0n) is 12.1. The number of aliphatic hydroxyl groups is 1. The highest BCUT2D eigenvalue weighted by atomic mass is 16.3. The number of carbonyl (C=O) groups excluding carboxylic acids is 1. The lowest BCUT2D eigenvalue weighted by Gasteiger charge is -2.37. The molecule has 2 aliphatic rings. The van der Waals surface area contributed by atoms with Crippen molar-refractivity contribution in [3.8, 4) is 0 Å². The Morgan fingerprint density at radius 3 is 2.37 bits per heavy atom. The van der Waals surface area contributed by atoms with E-state index in [1.165, 1.54) is 12.8 Å². The van der Waals surface area contributed by atoms with Crippen molar-refractivity contribution in [2.24, 2.45) is 11.7 Å². The Balaban J connectivity index is 1.71. The van der Waals surface area contributed by atoms with Gasteiger partial charge in [0, 0.05) is 45.2 Å². The minimum absolute atomic E-state index is 0.0573. The van der Waals surface area contributed by atoms with Crippen molar-refractivity contribution in [2.45, 2.75) is 44.8 Å². The number of carbonyl (C=O) groups is 1. The second-order valence-electron chi connectivity index (χ2n) is 6.67. The molecule has 0 radical (unpaired) electrons. The topological polar surface area (TPSA) is 69.8 Å². The fourth-order valence-corrected chi connectivity index (χ4v) is 2.72. The minimum Gasteiger partial charge on any atom is -0.389 e. The molecule has 0 bridgehead atoms. The third-order valence-electron chi connectivity index (χ3n) is 3.97. The summed E-state index contributed by atoms with van der Waals surface area (Å²) in [6.07, 6.45) is 2.87. The Morgan fingerprint density at radius 2 is 1.89 bits per heavy atom. The summed E-state index contributed by atoms with van der Waals surface area (Å²) in [7, 11) is 0. The van der Waals surface area contributed by atoms with E-state index in [4.69, 9.17) is 5.73 Å². The molecule has 2 fully saturated rings. The van der Waals surface area contributed by atoms with E-state index in [2.05, 4.69) is 4.90 Å². The number of nitrogens with two attached hydrogens (primary N) is 1. The molecule has 0 aromatic heterocycles. The van der Waals surface area contributed by atoms with Crippen molar-refractivity contribution in [3.63, 3.8) is 0 Å². The van der Waals surface area contributed by atoms with Crippen LogP contribution in [0.3, 0.4) is 0 Å². The average molecular weight is 269 g/mol. The van der Waals surface area contributed by atoms with Crippen LogP contribution >= 0.6 is 0 Å². The first-order chi connectivity index (χ1) is 8.85. The second kappa shape index (κ2) is 5.77. The molecule has 1 saturated carbocycles. The van der Waals surface area contributed by atoms with E-state index in [1.54, 1.807) is 0 Å². The molecule has 1 amide bonds. The van der Waals surface area contributed by atoms with Crippen LogP contribution in [0.2, 0.25) is 0 Å². The normalized spacial score (nSPS) is 23.5. The first-order valence-corrected chi connectivity index (χ1v) is 7.33. The zero-order chi connectivity index (χ0) is 14.0. The van der Waals surface area contributed by atoms with Crippen molar-refractivity contribution in [1.29, 1.82) is 0 Å². The molecule has 2 rings (SSSR count). The van der Waals surface area contributed by atoms with Gasteiger partial charge in [-0.25, -0.2) is 0 Å². The number of rotatable bonds is 5. The van der Waals surface area contributed by atoms with Crippen LogP contribution in [-0.4, -0.2) is 65.2 Å². The zero-order valence-corrected chi connectivity index (χ0v) is 12.1. The summed E-state index contributed by atoms with van der Waals surface area (Å²) in [4.78, 5) is 16.2. The second-order valence-corrected chi connectivity index (χ2v) is 6.67. The Kier molecular flexibility index (Phi) is 4.48. The van der Waals surface area contributed by atoms with Gasteiger partial charge in [-0.1, -0.05) is 0 Å². The largest absolute Gasteiger partial charge is 0.389 e. The summed E-state index contributed by atoms with van der Waals surface area (Å²) in [6.45, 7) is 7.50. The molecular formula is C14H27N3O2. The number of piperazine rings is 1. The Labute approximate surface area is 115 Å². The molecule has 0 aromatic carbocycles. The van der Waals surface area contributed by atoms with Gasteiger partial charge in [-0.2, -0.15) is 0 Å². The highest BCUT2D eigenvalue weighted by molar-refractivity contribution is 5.77. The van der Waals surface area contributed by atoms with Crippen LogP contribution in [-0.2, 0) is 4.79 Å². The third-order valence-corrected chi connectivity index (χ3v) is 3.97. The number of hydrogen-bond donors (Lipinski definition) is 2. The molecule has 110 valence electrons. The molecule has 3 N–H and O–H groups in total. The van der Waals surface area contributed by atoms with Crippen LogP contribution in [0.1, 0.15) is 33.1 Å². The Bertz CT molecular complexity index is 315. The van der Waals surface area contributed by atoms with Gasteiger partial charge < -0.3 is 15.7 Å². The summed E-state index contributed by atoms with van der Waals surface area (Å²) in [6, 6.07) is 0.0573. The molecule has 1 heterocycles. The first kappa shape index (κ1) is 14.8. The van der Waals surface area contributed by atoms with Crippen LogP contribution in [0.5, 0.6) is 0 Å². The van der Waals surface area contributed by atoms with Gasteiger partial charge >= 0.3 is 0 Å². The van der Waals surface area contributed by atoms with E-state index in [-0.39, 0.29) is 11.9 Å². The number of hydrogen-bond acceptors (Lipinski definition) is 4. The van der Waals surface area contributed by atoms with Gasteiger partial charge in [0.1, 0.15) is 0 Å². The van der Waals surface area contributed by atoms with Gasteiger partial charge in [0.05, 0.1) is 5.60 Å². The summed E-state index contributed by atoms with van der Waals surface area (Å²) in [5, 5.41) is 9.79. The summed E-state index contributed by atoms with van der Waals surface area (Å²) >= 11 is 0. The van der Waals surface area contributed by atoms with Crippen molar-refractivity contribution in [2.75, 3.05) is 32.7 Å². The predicted molar refractivity (Wildman–Crippen MR) is 74.6 cm³/mol. The van der Waals surface area contributed by atoms with Crippen molar-refractivity contribution in [3.05, 3.63) is 0 Å². The molecule has 1 saturated heterocycles. The maximum Gasteiger partial charge on any atom is 0.224 e. The Morgan fingerprint density at radius 1 is 1.32 bits per heavy atom. The highest BCUT2D eigenvalue weighted by Crippen LogP contribution is 2.33. The standard InChI is InChI=1S/C14H27N3O2/c1-14(2,19)10-16-5-7-17(8-6-16)13(18)9-12(15)11-3-4-11/h11-12,19H,3-10,15H2,1-2H3. The molecule has 1 aliphatic carbocycles. The molecule has 1 unspecified atom stereocenters. The molecule has 1 aliphatic heterocycles. The Hall–Kier alpha value is -0.650. The van der Waals surface area contributed by atoms with E-state index in [0.29, 0.717) is 18.9 Å². The van der Waals surface area contributed by atoms with Crippen LogP contribution in [0.25, 0.3) is 0 Å². The van der Waals surface area contributed by atoms with Crippen LogP contribution in [0.4, 0.5) is 0 Å². The highest BCUT2D eigenvalue weighted by Gasteiger charge is 2.32. The lowest BCUT2D eigenvalue weighted by atomic mass is 10.1. The smallest absolute Gasteiger partial charge is 0.224 e. The van der Waals surface area contributed by atoms with E-state index in [9.17, 15) is 9.90 Å². The molecule has 5 nitrogen and oxygen atoms in total. The average Bonchev–Trinajstić information content (AvgIpc) is 3.11. The number of nitrogens with zero attached hydrogens (tertiary/aromatic N) is 2. The minimum atomic E-state index is -0.666. The summed E-state index contributed by atoms with van der Waals surface area (Å²) < 4.78 is 0. The first-order valence-electron chi connectivity index (χ1n) is 7.33. The fraction of sp³-hybridized carbons (Fsp3) is 0.929. The van der Waals surface area contributed by atoms with Gasteiger partial charge in [-0.3, -0.25) is 9.69 Å². The van der Waals surface area contributed by atoms with Crippen LogP contribution in [0.15, 0.2) is 0 Å². The number of β-amino-alcohol motifs (C(OH)–C–C–N with tert-alkyl or cyclic N) is 1. The SMILES string of the molecule is CC(C)(O)CN1CCN(C(=O)CC(N)C2CC2)CC1. The van der Waals surface area contributed by atoms with E-state index in [0.717, 1.165) is 26.2 Å². The van der Waals surface area contributed by atoms with Gasteiger partial charge in [0.25, 0.3) is 0 Å². The van der Waals surface area contributed by atoms with Crippen LogP contribution in [0, 0.1) is 5.92 Å². The summed E-state index contributed by atoms with van der Waals surface area (Å²) in [5.74, 6) is 0.780. The monoisotopic (exact) mass is 269 g/mol. The predicted octanol–water partition coefficient (Wildman–Crippen LogP) is 0.0289. The van der Waals surface area contributed by atoms with E-state index < -0.39 is 5.60 Å². The van der Waals surface area contributed by atoms with Gasteiger partial charge in [-0.15, -0.1) is 0 Å². The maximum absolute atomic E-state index is 12.1. The molecule has 5 heteroatoms.